The van der Waals surface area contributed by atoms with Crippen LogP contribution in [0, 0.1) is 12.0 Å². The first-order valence-corrected chi connectivity index (χ1v) is 8.59. The molecule has 3 unspecified atom stereocenters. The fraction of sp³-hybridized carbons (Fsp3) is 0.294. The summed E-state index contributed by atoms with van der Waals surface area (Å²) in [7, 11) is 0. The van der Waals surface area contributed by atoms with Crippen molar-refractivity contribution >= 4 is 12.2 Å². The zero-order valence-corrected chi connectivity index (χ0v) is 13.9. The van der Waals surface area contributed by atoms with E-state index in [0.717, 1.165) is 23.4 Å². The number of anilines is 1. The smallest absolute Gasteiger partial charge is 0.253 e. The molecule has 0 radical (unpaired) electrons. The predicted octanol–water partition coefficient (Wildman–Crippen LogP) is 2.14. The molecule has 2 aromatic heterocycles. The van der Waals surface area contributed by atoms with Crippen LogP contribution in [0.3, 0.4) is 0 Å². The molecule has 8 nitrogen and oxygen atoms in total. The standard InChI is InChI=1S/C17H15FN8/c1-10-6-12(10)13-8-23(22-21-13)24-9-20-16-11-4-2-3-5-14(11)25-15(26(16)24)7-19-17(25)18/h2-5,7-10,12,16H,6H2,1H3. The highest BCUT2D eigenvalue weighted by molar-refractivity contribution is 5.78. The molecule has 1 fully saturated rings. The highest BCUT2D eigenvalue weighted by Gasteiger charge is 2.41. The Morgan fingerprint density at radius 1 is 1.23 bits per heavy atom. The van der Waals surface area contributed by atoms with E-state index in [1.807, 2.05) is 35.5 Å². The summed E-state index contributed by atoms with van der Waals surface area (Å²) in [6.45, 7) is 2.21. The molecule has 0 N–H and O–H groups in total. The van der Waals surface area contributed by atoms with Gasteiger partial charge in [0.2, 0.25) is 0 Å². The number of hydrogen-bond donors (Lipinski definition) is 0. The Morgan fingerprint density at radius 2 is 2.08 bits per heavy atom. The number of aliphatic imine (C=N–C) groups is 1. The number of hydrazine groups is 1. The second kappa shape index (κ2) is 4.69. The van der Waals surface area contributed by atoms with E-state index in [-0.39, 0.29) is 6.17 Å². The van der Waals surface area contributed by atoms with Crippen LogP contribution in [0.5, 0.6) is 0 Å². The van der Waals surface area contributed by atoms with Crippen LogP contribution in [0.25, 0.3) is 5.69 Å². The molecule has 130 valence electrons. The lowest BCUT2D eigenvalue weighted by Crippen LogP contribution is -2.49. The van der Waals surface area contributed by atoms with Crippen LogP contribution in [0.2, 0.25) is 0 Å². The first kappa shape index (κ1) is 14.0. The van der Waals surface area contributed by atoms with E-state index in [2.05, 4.69) is 27.2 Å². The molecule has 1 aromatic carbocycles. The third-order valence-corrected chi connectivity index (χ3v) is 5.35. The van der Waals surface area contributed by atoms with Gasteiger partial charge >= 0.3 is 0 Å². The van der Waals surface area contributed by atoms with Crippen molar-refractivity contribution < 1.29 is 4.39 Å². The van der Waals surface area contributed by atoms with Gasteiger partial charge in [-0.3, -0.25) is 4.57 Å². The second-order valence-electron chi connectivity index (χ2n) is 6.97. The molecule has 0 bridgehead atoms. The number of halogens is 1. The van der Waals surface area contributed by atoms with Crippen LogP contribution >= 0.6 is 0 Å². The lowest BCUT2D eigenvalue weighted by atomic mass is 10.1. The van der Waals surface area contributed by atoms with E-state index in [4.69, 9.17) is 0 Å². The number of hydrogen-bond acceptors (Lipinski definition) is 6. The first-order chi connectivity index (χ1) is 12.7. The number of rotatable bonds is 2. The van der Waals surface area contributed by atoms with Gasteiger partial charge in [0.1, 0.15) is 6.34 Å². The normalized spacial score (nSPS) is 25.2. The number of nitrogens with zero attached hydrogens (tertiary/aromatic N) is 8. The van der Waals surface area contributed by atoms with Crippen LogP contribution in [-0.2, 0) is 0 Å². The van der Waals surface area contributed by atoms with Crippen molar-refractivity contribution in [3.8, 4) is 5.69 Å². The maximum Gasteiger partial charge on any atom is 0.295 e. The van der Waals surface area contributed by atoms with E-state index in [1.54, 1.807) is 16.2 Å². The number of aromatic nitrogens is 5. The molecule has 3 atom stereocenters. The highest BCUT2D eigenvalue weighted by atomic mass is 19.1. The molecule has 1 aliphatic carbocycles. The molecular formula is C17H15FN8. The molecule has 0 saturated heterocycles. The number of para-hydroxylation sites is 1. The van der Waals surface area contributed by atoms with E-state index >= 15 is 0 Å². The van der Waals surface area contributed by atoms with Gasteiger partial charge < -0.3 is 0 Å². The van der Waals surface area contributed by atoms with Gasteiger partial charge in [-0.1, -0.05) is 25.1 Å². The quantitative estimate of drug-likeness (QED) is 0.708. The summed E-state index contributed by atoms with van der Waals surface area (Å²) >= 11 is 0. The first-order valence-electron chi connectivity index (χ1n) is 8.59. The van der Waals surface area contributed by atoms with E-state index in [9.17, 15) is 4.39 Å². The van der Waals surface area contributed by atoms with Crippen LogP contribution in [0.1, 0.15) is 36.7 Å². The molecule has 26 heavy (non-hydrogen) atoms. The Balaban J connectivity index is 1.47. The van der Waals surface area contributed by atoms with E-state index < -0.39 is 6.08 Å². The SMILES string of the molecule is CC1CC1c1cn(N2C=NC3c4ccccc4-n4c(cnc4F)N32)nn1. The molecule has 3 aliphatic rings. The lowest BCUT2D eigenvalue weighted by molar-refractivity contribution is 0.495. The average molecular weight is 350 g/mol. The van der Waals surface area contributed by atoms with E-state index in [1.165, 1.54) is 10.8 Å². The Bertz CT molecular complexity index is 1050. The molecule has 0 spiro atoms. The van der Waals surface area contributed by atoms with Crippen LogP contribution in [0.15, 0.2) is 41.7 Å². The summed E-state index contributed by atoms with van der Waals surface area (Å²) < 4.78 is 15.9. The Kier molecular flexibility index (Phi) is 2.52. The number of imidazole rings is 1. The maximum absolute atomic E-state index is 14.4. The van der Waals surface area contributed by atoms with Crippen molar-refractivity contribution in [1.82, 2.24) is 24.7 Å². The molecule has 0 amide bonds. The van der Waals surface area contributed by atoms with Gasteiger partial charge in [-0.25, -0.2) is 15.0 Å². The molecular weight excluding hydrogens is 335 g/mol. The number of fused-ring (bicyclic) bond motifs is 6. The highest BCUT2D eigenvalue weighted by Crippen LogP contribution is 2.46. The zero-order chi connectivity index (χ0) is 17.4. The van der Waals surface area contributed by atoms with Gasteiger partial charge in [-0.05, 0) is 23.6 Å². The summed E-state index contributed by atoms with van der Waals surface area (Å²) in [5, 5.41) is 12.2. The Labute approximate surface area is 148 Å². The van der Waals surface area contributed by atoms with Gasteiger partial charge in [0.05, 0.1) is 23.8 Å². The van der Waals surface area contributed by atoms with Gasteiger partial charge in [-0.2, -0.15) is 9.51 Å². The van der Waals surface area contributed by atoms with Crippen molar-refractivity contribution in [3.05, 3.63) is 54.0 Å². The fourth-order valence-corrected chi connectivity index (χ4v) is 3.83. The minimum Gasteiger partial charge on any atom is -0.253 e. The third kappa shape index (κ3) is 1.72. The summed E-state index contributed by atoms with van der Waals surface area (Å²) in [6, 6.07) is 7.64. The summed E-state index contributed by atoms with van der Waals surface area (Å²) in [5.41, 5.74) is 2.64. The predicted molar refractivity (Wildman–Crippen MR) is 92.0 cm³/mol. The van der Waals surface area contributed by atoms with Crippen molar-refractivity contribution in [2.45, 2.75) is 25.4 Å². The van der Waals surface area contributed by atoms with Crippen molar-refractivity contribution in [1.29, 1.82) is 0 Å². The second-order valence-corrected chi connectivity index (χ2v) is 6.97. The summed E-state index contributed by atoms with van der Waals surface area (Å²) in [4.78, 5) is 10.1. The van der Waals surface area contributed by atoms with Crippen molar-refractivity contribution in [3.63, 3.8) is 0 Å². The molecule has 6 rings (SSSR count). The topological polar surface area (TPSA) is 67.4 Å². The molecule has 1 saturated carbocycles. The average Bonchev–Trinajstić information content (AvgIpc) is 3.05. The summed E-state index contributed by atoms with van der Waals surface area (Å²) in [6.07, 6.45) is 5.42. The monoisotopic (exact) mass is 350 g/mol. The van der Waals surface area contributed by atoms with Crippen molar-refractivity contribution in [2.24, 2.45) is 10.9 Å². The maximum atomic E-state index is 14.4. The van der Waals surface area contributed by atoms with Gasteiger partial charge in [0.15, 0.2) is 12.0 Å². The van der Waals surface area contributed by atoms with Gasteiger partial charge in [0, 0.05) is 11.5 Å². The fourth-order valence-electron chi connectivity index (χ4n) is 3.83. The lowest BCUT2D eigenvalue weighted by Gasteiger charge is -2.36. The molecule has 3 aromatic rings. The van der Waals surface area contributed by atoms with Crippen LogP contribution in [-0.4, -0.2) is 31.0 Å². The van der Waals surface area contributed by atoms with E-state index in [0.29, 0.717) is 17.7 Å². The Morgan fingerprint density at radius 3 is 2.92 bits per heavy atom. The van der Waals surface area contributed by atoms with Crippen LogP contribution in [0.4, 0.5) is 10.2 Å². The minimum absolute atomic E-state index is 0.290. The number of benzene rings is 1. The molecule has 4 heterocycles. The van der Waals surface area contributed by atoms with Crippen LogP contribution < -0.4 is 10.1 Å². The minimum atomic E-state index is -0.552. The molecule has 9 heteroatoms. The third-order valence-electron chi connectivity index (χ3n) is 5.35. The zero-order valence-electron chi connectivity index (χ0n) is 13.9. The largest absolute Gasteiger partial charge is 0.295 e. The van der Waals surface area contributed by atoms with Gasteiger partial charge in [-0.15, -0.1) is 9.89 Å². The molecule has 2 aliphatic heterocycles. The van der Waals surface area contributed by atoms with Gasteiger partial charge in [0.25, 0.3) is 6.08 Å². The Hall–Kier alpha value is -3.23. The summed E-state index contributed by atoms with van der Waals surface area (Å²) in [5.74, 6) is 1.72. The van der Waals surface area contributed by atoms with Crippen molar-refractivity contribution in [2.75, 3.05) is 10.1 Å².